The fourth-order valence-electron chi connectivity index (χ4n) is 1.70. The van der Waals surface area contributed by atoms with Gasteiger partial charge in [0, 0.05) is 7.05 Å². The normalized spacial score (nSPS) is 17.4. The van der Waals surface area contributed by atoms with Crippen molar-refractivity contribution in [3.05, 3.63) is 36.9 Å². The monoisotopic (exact) mass is 233 g/mol. The van der Waals surface area contributed by atoms with Crippen LogP contribution in [-0.4, -0.2) is 37.1 Å². The van der Waals surface area contributed by atoms with Gasteiger partial charge in [-0.2, -0.15) is 0 Å². The zero-order valence-corrected chi connectivity index (χ0v) is 9.76. The van der Waals surface area contributed by atoms with Crippen molar-refractivity contribution >= 4 is 5.91 Å². The number of ether oxygens (including phenoxy) is 2. The van der Waals surface area contributed by atoms with Crippen LogP contribution in [0.25, 0.3) is 0 Å². The molecule has 0 radical (unpaired) electrons. The first-order valence-electron chi connectivity index (χ1n) is 5.46. The number of para-hydroxylation sites is 2. The van der Waals surface area contributed by atoms with E-state index in [1.165, 1.54) is 6.08 Å². The Kier molecular flexibility index (Phi) is 3.32. The van der Waals surface area contributed by atoms with E-state index in [1.54, 1.807) is 11.9 Å². The topological polar surface area (TPSA) is 38.8 Å². The summed E-state index contributed by atoms with van der Waals surface area (Å²) in [5.74, 6) is 1.36. The summed E-state index contributed by atoms with van der Waals surface area (Å²) in [7, 11) is 1.72. The number of nitrogens with zero attached hydrogens (tertiary/aromatic N) is 1. The Labute approximate surface area is 100 Å². The Morgan fingerprint density at radius 1 is 1.53 bits per heavy atom. The number of fused-ring (bicyclic) bond motifs is 1. The molecule has 0 N–H and O–H groups in total. The zero-order chi connectivity index (χ0) is 12.3. The van der Waals surface area contributed by atoms with E-state index < -0.39 is 0 Å². The van der Waals surface area contributed by atoms with Crippen LogP contribution in [0, 0.1) is 0 Å². The third kappa shape index (κ3) is 2.58. The molecule has 1 amide bonds. The van der Waals surface area contributed by atoms with Crippen LogP contribution in [0.15, 0.2) is 36.9 Å². The Hall–Kier alpha value is -1.97. The van der Waals surface area contributed by atoms with Gasteiger partial charge in [-0.1, -0.05) is 18.7 Å². The second kappa shape index (κ2) is 4.91. The molecule has 1 aromatic rings. The molecule has 17 heavy (non-hydrogen) atoms. The van der Waals surface area contributed by atoms with Gasteiger partial charge in [0.15, 0.2) is 17.6 Å². The molecule has 1 aliphatic rings. The molecule has 0 fully saturated rings. The van der Waals surface area contributed by atoms with Crippen molar-refractivity contribution in [1.29, 1.82) is 0 Å². The van der Waals surface area contributed by atoms with Crippen LogP contribution < -0.4 is 9.47 Å². The van der Waals surface area contributed by atoms with Crippen LogP contribution >= 0.6 is 0 Å². The van der Waals surface area contributed by atoms with Crippen molar-refractivity contribution < 1.29 is 14.3 Å². The predicted molar refractivity (Wildman–Crippen MR) is 64.2 cm³/mol. The molecule has 2 rings (SSSR count). The molecule has 4 heteroatoms. The number of hydrogen-bond donors (Lipinski definition) is 0. The highest BCUT2D eigenvalue weighted by Crippen LogP contribution is 2.30. The fraction of sp³-hybridized carbons (Fsp3) is 0.308. The molecule has 90 valence electrons. The number of amides is 1. The van der Waals surface area contributed by atoms with Crippen LogP contribution in [0.4, 0.5) is 0 Å². The molecular formula is C13H15NO3. The summed E-state index contributed by atoms with van der Waals surface area (Å²) in [6.07, 6.45) is 1.15. The van der Waals surface area contributed by atoms with E-state index >= 15 is 0 Å². The van der Waals surface area contributed by atoms with E-state index in [2.05, 4.69) is 6.58 Å². The maximum absolute atomic E-state index is 11.3. The van der Waals surface area contributed by atoms with Crippen molar-refractivity contribution in [1.82, 2.24) is 4.90 Å². The van der Waals surface area contributed by atoms with Crippen molar-refractivity contribution in [2.45, 2.75) is 6.10 Å². The maximum atomic E-state index is 11.3. The average Bonchev–Trinajstić information content (AvgIpc) is 2.37. The molecule has 1 atom stereocenters. The van der Waals surface area contributed by atoms with Gasteiger partial charge in [-0.05, 0) is 18.2 Å². The van der Waals surface area contributed by atoms with Gasteiger partial charge in [-0.3, -0.25) is 4.79 Å². The van der Waals surface area contributed by atoms with Crippen molar-refractivity contribution in [2.24, 2.45) is 0 Å². The first kappa shape index (κ1) is 11.5. The third-order valence-corrected chi connectivity index (χ3v) is 2.60. The molecule has 1 aromatic carbocycles. The van der Waals surface area contributed by atoms with Gasteiger partial charge in [0.25, 0.3) is 0 Å². The molecule has 0 bridgehead atoms. The standard InChI is InChI=1S/C13H15NO3/c1-3-13(15)14(2)8-10-9-16-11-6-4-5-7-12(11)17-10/h3-7,10H,1,8-9H2,2H3/t10-/m1/s1. The lowest BCUT2D eigenvalue weighted by molar-refractivity contribution is -0.126. The lowest BCUT2D eigenvalue weighted by atomic mass is 10.2. The molecule has 1 heterocycles. The molecular weight excluding hydrogens is 218 g/mol. The molecule has 4 nitrogen and oxygen atoms in total. The Balaban J connectivity index is 1.98. The van der Waals surface area contributed by atoms with E-state index in [0.717, 1.165) is 11.5 Å². The van der Waals surface area contributed by atoms with Crippen molar-refractivity contribution in [3.8, 4) is 11.5 Å². The van der Waals surface area contributed by atoms with Crippen LogP contribution in [0.1, 0.15) is 0 Å². The van der Waals surface area contributed by atoms with E-state index in [9.17, 15) is 4.79 Å². The first-order valence-corrected chi connectivity index (χ1v) is 5.46. The van der Waals surface area contributed by atoms with Gasteiger partial charge in [-0.15, -0.1) is 0 Å². The first-order chi connectivity index (χ1) is 8.20. The third-order valence-electron chi connectivity index (χ3n) is 2.60. The minimum absolute atomic E-state index is 0.118. The van der Waals surface area contributed by atoms with Crippen LogP contribution in [0.2, 0.25) is 0 Å². The van der Waals surface area contributed by atoms with Crippen molar-refractivity contribution in [3.63, 3.8) is 0 Å². The smallest absolute Gasteiger partial charge is 0.245 e. The van der Waals surface area contributed by atoms with Gasteiger partial charge >= 0.3 is 0 Å². The molecule has 0 spiro atoms. The second-order valence-electron chi connectivity index (χ2n) is 3.92. The van der Waals surface area contributed by atoms with E-state index in [-0.39, 0.29) is 12.0 Å². The Morgan fingerprint density at radius 2 is 2.24 bits per heavy atom. The Morgan fingerprint density at radius 3 is 2.94 bits per heavy atom. The summed E-state index contributed by atoms with van der Waals surface area (Å²) < 4.78 is 11.3. The average molecular weight is 233 g/mol. The number of likely N-dealkylation sites (N-methyl/N-ethyl adjacent to an activating group) is 1. The van der Waals surface area contributed by atoms with Crippen molar-refractivity contribution in [2.75, 3.05) is 20.2 Å². The quantitative estimate of drug-likeness (QED) is 0.742. The van der Waals surface area contributed by atoms with Gasteiger partial charge < -0.3 is 14.4 Å². The highest BCUT2D eigenvalue weighted by atomic mass is 16.6. The molecule has 0 unspecified atom stereocenters. The highest BCUT2D eigenvalue weighted by molar-refractivity contribution is 5.86. The number of carbonyl (C=O) groups is 1. The van der Waals surface area contributed by atoms with Gasteiger partial charge in [0.2, 0.25) is 5.91 Å². The Bertz CT molecular complexity index is 430. The lowest BCUT2D eigenvalue weighted by Gasteiger charge is -2.29. The van der Waals surface area contributed by atoms with Gasteiger partial charge in [-0.25, -0.2) is 0 Å². The molecule has 0 aromatic heterocycles. The van der Waals surface area contributed by atoms with Crippen LogP contribution in [-0.2, 0) is 4.79 Å². The zero-order valence-electron chi connectivity index (χ0n) is 9.76. The minimum Gasteiger partial charge on any atom is -0.486 e. The van der Waals surface area contributed by atoms with Crippen LogP contribution in [0.3, 0.4) is 0 Å². The molecule has 0 saturated heterocycles. The number of carbonyl (C=O) groups excluding carboxylic acids is 1. The molecule has 0 saturated carbocycles. The predicted octanol–water partition coefficient (Wildman–Crippen LogP) is 1.47. The summed E-state index contributed by atoms with van der Waals surface area (Å²) in [6, 6.07) is 7.51. The number of hydrogen-bond acceptors (Lipinski definition) is 3. The minimum atomic E-state index is -0.140. The highest BCUT2D eigenvalue weighted by Gasteiger charge is 2.22. The summed E-state index contributed by atoms with van der Waals surface area (Å²) in [5.41, 5.74) is 0. The largest absolute Gasteiger partial charge is 0.486 e. The molecule has 1 aliphatic heterocycles. The van der Waals surface area contributed by atoms with E-state index in [4.69, 9.17) is 9.47 Å². The summed E-state index contributed by atoms with van der Waals surface area (Å²) in [5, 5.41) is 0. The molecule has 0 aliphatic carbocycles. The van der Waals surface area contributed by atoms with E-state index in [0.29, 0.717) is 13.2 Å². The lowest BCUT2D eigenvalue weighted by Crippen LogP contribution is -2.41. The van der Waals surface area contributed by atoms with Gasteiger partial charge in [0.1, 0.15) is 6.61 Å². The van der Waals surface area contributed by atoms with E-state index in [1.807, 2.05) is 24.3 Å². The summed E-state index contributed by atoms with van der Waals surface area (Å²) in [6.45, 7) is 4.38. The fourth-order valence-corrected chi connectivity index (χ4v) is 1.70. The maximum Gasteiger partial charge on any atom is 0.245 e. The number of benzene rings is 1. The summed E-state index contributed by atoms with van der Waals surface area (Å²) >= 11 is 0. The number of rotatable bonds is 3. The van der Waals surface area contributed by atoms with Crippen LogP contribution in [0.5, 0.6) is 11.5 Å². The SMILES string of the molecule is C=CC(=O)N(C)C[C@@H]1COc2ccccc2O1. The summed E-state index contributed by atoms with van der Waals surface area (Å²) in [4.78, 5) is 12.9. The second-order valence-corrected chi connectivity index (χ2v) is 3.92. The van der Waals surface area contributed by atoms with Gasteiger partial charge in [0.05, 0.1) is 6.54 Å².